The summed E-state index contributed by atoms with van der Waals surface area (Å²) >= 11 is 0. The predicted molar refractivity (Wildman–Crippen MR) is 83.6 cm³/mol. The number of hydrogen-bond donors (Lipinski definition) is 2. The van der Waals surface area contributed by atoms with Gasteiger partial charge in [0.25, 0.3) is 0 Å². The third kappa shape index (κ3) is 2.99. The van der Waals surface area contributed by atoms with Gasteiger partial charge >= 0.3 is 0 Å². The highest BCUT2D eigenvalue weighted by Crippen LogP contribution is 2.27. The molecule has 0 saturated carbocycles. The van der Waals surface area contributed by atoms with E-state index >= 15 is 0 Å². The number of anilines is 2. The molecule has 2 aliphatic heterocycles. The zero-order chi connectivity index (χ0) is 15.5. The molecule has 3 N–H and O–H groups in total. The number of primary amides is 1. The summed E-state index contributed by atoms with van der Waals surface area (Å²) in [5.74, 6) is 1.34. The molecular formula is C15H23N5O2. The maximum Gasteiger partial charge on any atom is 0.222 e. The highest BCUT2D eigenvalue weighted by atomic mass is 16.3. The first-order valence-corrected chi connectivity index (χ1v) is 7.93. The fraction of sp³-hybridized carbons (Fsp3) is 0.667. The minimum absolute atomic E-state index is 0.107. The summed E-state index contributed by atoms with van der Waals surface area (Å²) in [6.07, 6.45) is 5.41. The molecule has 7 nitrogen and oxygen atoms in total. The molecule has 2 atom stereocenters. The molecule has 2 fully saturated rings. The average Bonchev–Trinajstić information content (AvgIpc) is 3.04. The van der Waals surface area contributed by atoms with Gasteiger partial charge < -0.3 is 20.6 Å². The highest BCUT2D eigenvalue weighted by Gasteiger charge is 2.27. The zero-order valence-electron chi connectivity index (χ0n) is 12.7. The molecule has 0 radical (unpaired) electrons. The Kier molecular flexibility index (Phi) is 4.42. The van der Waals surface area contributed by atoms with Gasteiger partial charge in [0.2, 0.25) is 5.91 Å². The molecular weight excluding hydrogens is 282 g/mol. The molecule has 1 amide bonds. The number of nitrogens with zero attached hydrogens (tertiary/aromatic N) is 4. The van der Waals surface area contributed by atoms with E-state index in [1.807, 2.05) is 6.07 Å². The van der Waals surface area contributed by atoms with Crippen molar-refractivity contribution in [3.05, 3.63) is 12.4 Å². The molecule has 0 spiro atoms. The van der Waals surface area contributed by atoms with E-state index in [4.69, 9.17) is 5.73 Å². The first-order chi connectivity index (χ1) is 10.7. The summed E-state index contributed by atoms with van der Waals surface area (Å²) in [6.45, 7) is 2.55. The molecule has 0 aromatic carbocycles. The number of carbonyl (C=O) groups is 1. The van der Waals surface area contributed by atoms with Crippen LogP contribution in [0, 0.1) is 5.92 Å². The zero-order valence-corrected chi connectivity index (χ0v) is 12.7. The van der Waals surface area contributed by atoms with Crippen LogP contribution >= 0.6 is 0 Å². The molecule has 0 bridgehead atoms. The van der Waals surface area contributed by atoms with E-state index in [1.54, 1.807) is 6.33 Å². The lowest BCUT2D eigenvalue weighted by Crippen LogP contribution is -2.41. The van der Waals surface area contributed by atoms with Gasteiger partial charge in [0, 0.05) is 25.7 Å². The number of aliphatic hydroxyl groups is 1. The van der Waals surface area contributed by atoms with Gasteiger partial charge in [0.05, 0.1) is 18.6 Å². The Morgan fingerprint density at radius 1 is 1.27 bits per heavy atom. The van der Waals surface area contributed by atoms with Crippen LogP contribution in [0.25, 0.3) is 0 Å². The number of nitrogens with two attached hydrogens (primary N) is 1. The molecule has 1 aromatic heterocycles. The van der Waals surface area contributed by atoms with Crippen LogP contribution in [0.2, 0.25) is 0 Å². The second kappa shape index (κ2) is 6.48. The van der Waals surface area contributed by atoms with Crippen LogP contribution in [-0.4, -0.2) is 53.3 Å². The highest BCUT2D eigenvalue weighted by molar-refractivity contribution is 5.77. The van der Waals surface area contributed by atoms with Gasteiger partial charge in [-0.3, -0.25) is 4.79 Å². The maximum atomic E-state index is 11.4. The normalized spacial score (nSPS) is 25.5. The van der Waals surface area contributed by atoms with Crippen LogP contribution in [0.1, 0.15) is 25.7 Å². The van der Waals surface area contributed by atoms with Gasteiger partial charge in [-0.05, 0) is 25.7 Å². The molecule has 0 aliphatic carbocycles. The van der Waals surface area contributed by atoms with Crippen LogP contribution in [0.5, 0.6) is 0 Å². The molecule has 3 heterocycles. The quantitative estimate of drug-likeness (QED) is 0.821. The lowest BCUT2D eigenvalue weighted by atomic mass is 9.97. The Bertz CT molecular complexity index is 538. The summed E-state index contributed by atoms with van der Waals surface area (Å²) in [6, 6.07) is 2.10. The number of rotatable bonds is 4. The number of aliphatic hydroxyl groups excluding tert-OH is 1. The summed E-state index contributed by atoms with van der Waals surface area (Å²) in [5, 5.41) is 9.46. The summed E-state index contributed by atoms with van der Waals surface area (Å²) in [5.41, 5.74) is 5.44. The SMILES string of the molecule is NC(=O)[C@H]1CCCN(c2cc(N3CCC[C@@H]3CO)ncn2)C1. The molecule has 22 heavy (non-hydrogen) atoms. The van der Waals surface area contributed by atoms with Crippen molar-refractivity contribution in [3.8, 4) is 0 Å². The third-order valence-electron chi connectivity index (χ3n) is 4.67. The van der Waals surface area contributed by atoms with E-state index in [-0.39, 0.29) is 24.5 Å². The van der Waals surface area contributed by atoms with Crippen molar-refractivity contribution in [2.24, 2.45) is 11.7 Å². The van der Waals surface area contributed by atoms with Crippen molar-refractivity contribution in [2.75, 3.05) is 36.0 Å². The van der Waals surface area contributed by atoms with Crippen LogP contribution in [-0.2, 0) is 4.79 Å². The first-order valence-electron chi connectivity index (χ1n) is 7.93. The number of aromatic nitrogens is 2. The molecule has 0 unspecified atom stereocenters. The van der Waals surface area contributed by atoms with Crippen molar-refractivity contribution in [1.29, 1.82) is 0 Å². The largest absolute Gasteiger partial charge is 0.394 e. The lowest BCUT2D eigenvalue weighted by Gasteiger charge is -2.32. The average molecular weight is 305 g/mol. The van der Waals surface area contributed by atoms with Crippen LogP contribution in [0.3, 0.4) is 0 Å². The number of piperidine rings is 1. The predicted octanol–water partition coefficient (Wildman–Crippen LogP) is 0.139. The molecule has 3 rings (SSSR count). The lowest BCUT2D eigenvalue weighted by molar-refractivity contribution is -0.122. The Morgan fingerprint density at radius 2 is 2.05 bits per heavy atom. The summed E-state index contributed by atoms with van der Waals surface area (Å²) in [4.78, 5) is 24.4. The smallest absolute Gasteiger partial charge is 0.222 e. The van der Waals surface area contributed by atoms with Gasteiger partial charge in [-0.1, -0.05) is 0 Å². The van der Waals surface area contributed by atoms with E-state index in [9.17, 15) is 9.90 Å². The number of carbonyl (C=O) groups excluding carboxylic acids is 1. The van der Waals surface area contributed by atoms with E-state index in [0.717, 1.165) is 50.4 Å². The van der Waals surface area contributed by atoms with Crippen molar-refractivity contribution in [2.45, 2.75) is 31.7 Å². The molecule has 2 saturated heterocycles. The minimum Gasteiger partial charge on any atom is -0.394 e. The molecule has 120 valence electrons. The topological polar surface area (TPSA) is 95.6 Å². The Labute approximate surface area is 130 Å². The monoisotopic (exact) mass is 305 g/mol. The molecule has 7 heteroatoms. The van der Waals surface area contributed by atoms with E-state index in [1.165, 1.54) is 0 Å². The van der Waals surface area contributed by atoms with Crippen LogP contribution in [0.15, 0.2) is 12.4 Å². The van der Waals surface area contributed by atoms with Crippen LogP contribution < -0.4 is 15.5 Å². The third-order valence-corrected chi connectivity index (χ3v) is 4.67. The second-order valence-electron chi connectivity index (χ2n) is 6.09. The van der Waals surface area contributed by atoms with Gasteiger partial charge in [-0.15, -0.1) is 0 Å². The van der Waals surface area contributed by atoms with Crippen molar-refractivity contribution in [1.82, 2.24) is 9.97 Å². The summed E-state index contributed by atoms with van der Waals surface area (Å²) in [7, 11) is 0. The molecule has 2 aliphatic rings. The van der Waals surface area contributed by atoms with E-state index in [0.29, 0.717) is 6.54 Å². The van der Waals surface area contributed by atoms with E-state index in [2.05, 4.69) is 19.8 Å². The number of hydrogen-bond acceptors (Lipinski definition) is 6. The Balaban J connectivity index is 1.77. The van der Waals surface area contributed by atoms with Crippen molar-refractivity contribution >= 4 is 17.5 Å². The standard InChI is InChI=1S/C15H23N5O2/c16-15(22)11-3-1-5-19(8-11)13-7-14(18-10-17-13)20-6-2-4-12(20)9-21/h7,10-12,21H,1-6,8-9H2,(H2,16,22)/t11-,12+/m0/s1. The Hall–Kier alpha value is -1.89. The fourth-order valence-corrected chi connectivity index (χ4v) is 3.41. The summed E-state index contributed by atoms with van der Waals surface area (Å²) < 4.78 is 0. The second-order valence-corrected chi connectivity index (χ2v) is 6.09. The fourth-order valence-electron chi connectivity index (χ4n) is 3.41. The first kappa shape index (κ1) is 15.0. The van der Waals surface area contributed by atoms with E-state index < -0.39 is 0 Å². The minimum atomic E-state index is -0.237. The maximum absolute atomic E-state index is 11.4. The molecule has 1 aromatic rings. The van der Waals surface area contributed by atoms with Crippen molar-refractivity contribution < 1.29 is 9.90 Å². The Morgan fingerprint density at radius 3 is 2.82 bits per heavy atom. The van der Waals surface area contributed by atoms with Gasteiger partial charge in [-0.25, -0.2) is 9.97 Å². The van der Waals surface area contributed by atoms with Gasteiger partial charge in [-0.2, -0.15) is 0 Å². The van der Waals surface area contributed by atoms with Crippen molar-refractivity contribution in [3.63, 3.8) is 0 Å². The van der Waals surface area contributed by atoms with Gasteiger partial charge in [0.15, 0.2) is 0 Å². The van der Waals surface area contributed by atoms with Crippen LogP contribution in [0.4, 0.5) is 11.6 Å². The number of amides is 1. The van der Waals surface area contributed by atoms with Gasteiger partial charge in [0.1, 0.15) is 18.0 Å².